The van der Waals surface area contributed by atoms with Gasteiger partial charge in [0.1, 0.15) is 11.6 Å². The molecule has 1 unspecified atom stereocenters. The number of rotatable bonds is 6. The summed E-state index contributed by atoms with van der Waals surface area (Å²) >= 11 is 0. The van der Waals surface area contributed by atoms with Gasteiger partial charge in [0.05, 0.1) is 10.9 Å². The fraction of sp³-hybridized carbons (Fsp3) is 0.458. The number of nitrogens with one attached hydrogen (secondary N) is 1. The van der Waals surface area contributed by atoms with Crippen molar-refractivity contribution >= 4 is 22.5 Å². The van der Waals surface area contributed by atoms with Gasteiger partial charge < -0.3 is 4.90 Å². The van der Waals surface area contributed by atoms with Crippen LogP contribution in [0.1, 0.15) is 55.8 Å². The summed E-state index contributed by atoms with van der Waals surface area (Å²) in [6.45, 7) is 8.24. The van der Waals surface area contributed by atoms with Crippen LogP contribution in [0.5, 0.6) is 0 Å². The highest BCUT2D eigenvalue weighted by atomic mass is 19.1. The van der Waals surface area contributed by atoms with Gasteiger partial charge >= 0.3 is 0 Å². The third-order valence-corrected chi connectivity index (χ3v) is 6.33. The van der Waals surface area contributed by atoms with Crippen LogP contribution in [0.25, 0.3) is 10.9 Å². The molecule has 3 heterocycles. The molecule has 1 atom stereocenters. The zero-order valence-electron chi connectivity index (χ0n) is 17.9. The van der Waals surface area contributed by atoms with Gasteiger partial charge in [0.15, 0.2) is 0 Å². The Labute approximate surface area is 176 Å². The van der Waals surface area contributed by atoms with Crippen LogP contribution in [0.15, 0.2) is 30.3 Å². The van der Waals surface area contributed by atoms with E-state index in [0.717, 1.165) is 41.6 Å². The second-order valence-corrected chi connectivity index (χ2v) is 8.61. The lowest BCUT2D eigenvalue weighted by Gasteiger charge is -2.32. The summed E-state index contributed by atoms with van der Waals surface area (Å²) in [6, 6.07) is 9.48. The molecule has 0 saturated carbocycles. The number of H-pyrrole nitrogens is 1. The molecule has 2 aromatic heterocycles. The number of hydrogen-bond donors (Lipinski definition) is 1. The van der Waals surface area contributed by atoms with Crippen molar-refractivity contribution in [2.45, 2.75) is 52.4 Å². The molecule has 0 bridgehead atoms. The van der Waals surface area contributed by atoms with Gasteiger partial charge in [-0.2, -0.15) is 9.49 Å². The SMILES string of the molecule is Cc1ccc(CCC(=O)C(C)c2ccc3n[nH]c(F)c3c2)c(N2CCC(C)CC2)n1. The van der Waals surface area contributed by atoms with Crippen LogP contribution >= 0.6 is 0 Å². The number of benzene rings is 1. The number of nitrogens with zero attached hydrogens (tertiary/aromatic N) is 3. The molecule has 0 radical (unpaired) electrons. The second kappa shape index (κ2) is 8.54. The van der Waals surface area contributed by atoms with Crippen molar-refractivity contribution in [2.24, 2.45) is 5.92 Å². The molecule has 1 aliphatic heterocycles. The summed E-state index contributed by atoms with van der Waals surface area (Å²) in [5.74, 6) is 1.19. The fourth-order valence-corrected chi connectivity index (χ4v) is 4.19. The molecule has 6 heteroatoms. The first-order chi connectivity index (χ1) is 14.4. The van der Waals surface area contributed by atoms with Crippen LogP contribution in [0.4, 0.5) is 10.2 Å². The standard InChI is InChI=1S/C24H29FN4O/c1-15-10-12-29(13-11-15)24-18(5-4-16(2)26-24)7-9-22(30)17(3)19-6-8-21-20(14-19)23(25)28-27-21/h4-6,8,14-15,17H,7,9-13H2,1-3H3,(H,27,28). The van der Waals surface area contributed by atoms with E-state index >= 15 is 0 Å². The average Bonchev–Trinajstić information content (AvgIpc) is 3.13. The third-order valence-electron chi connectivity index (χ3n) is 6.33. The van der Waals surface area contributed by atoms with E-state index in [0.29, 0.717) is 23.7 Å². The summed E-state index contributed by atoms with van der Waals surface area (Å²) in [6.07, 6.45) is 3.46. The number of fused-ring (bicyclic) bond motifs is 1. The lowest BCUT2D eigenvalue weighted by Crippen LogP contribution is -2.34. The van der Waals surface area contributed by atoms with E-state index in [1.807, 2.05) is 26.0 Å². The van der Waals surface area contributed by atoms with E-state index in [-0.39, 0.29) is 11.7 Å². The van der Waals surface area contributed by atoms with Gasteiger partial charge in [0.25, 0.3) is 0 Å². The molecule has 0 aliphatic carbocycles. The molecule has 158 valence electrons. The van der Waals surface area contributed by atoms with E-state index in [4.69, 9.17) is 4.98 Å². The number of ketones is 1. The lowest BCUT2D eigenvalue weighted by atomic mass is 9.92. The van der Waals surface area contributed by atoms with Gasteiger partial charge in [-0.15, -0.1) is 0 Å². The van der Waals surface area contributed by atoms with E-state index in [2.05, 4.69) is 28.1 Å². The van der Waals surface area contributed by atoms with E-state index in [9.17, 15) is 9.18 Å². The van der Waals surface area contributed by atoms with Crippen molar-refractivity contribution < 1.29 is 9.18 Å². The molecule has 1 aliphatic rings. The Morgan fingerprint density at radius 1 is 1.27 bits per heavy atom. The van der Waals surface area contributed by atoms with Crippen LogP contribution in [-0.4, -0.2) is 34.1 Å². The molecule has 4 rings (SSSR count). The molecular weight excluding hydrogens is 379 g/mol. The molecule has 1 fully saturated rings. The van der Waals surface area contributed by atoms with Gasteiger partial charge in [-0.25, -0.2) is 4.98 Å². The summed E-state index contributed by atoms with van der Waals surface area (Å²) in [7, 11) is 0. The highest BCUT2D eigenvalue weighted by Gasteiger charge is 2.21. The Kier molecular flexibility index (Phi) is 5.84. The predicted octanol–water partition coefficient (Wildman–Crippen LogP) is 4.95. The number of hydrogen-bond acceptors (Lipinski definition) is 4. The first-order valence-corrected chi connectivity index (χ1v) is 10.8. The van der Waals surface area contributed by atoms with Crippen molar-refractivity contribution in [3.05, 3.63) is 53.1 Å². The number of halogens is 1. The Morgan fingerprint density at radius 2 is 2.03 bits per heavy atom. The molecule has 5 nitrogen and oxygen atoms in total. The zero-order chi connectivity index (χ0) is 21.3. The van der Waals surface area contributed by atoms with Crippen molar-refractivity contribution in [3.63, 3.8) is 0 Å². The van der Waals surface area contributed by atoms with Gasteiger partial charge in [-0.1, -0.05) is 26.0 Å². The van der Waals surface area contributed by atoms with Gasteiger partial charge in [-0.05, 0) is 61.4 Å². The summed E-state index contributed by atoms with van der Waals surface area (Å²) in [4.78, 5) is 20.1. The number of piperidine rings is 1. The monoisotopic (exact) mass is 408 g/mol. The van der Waals surface area contributed by atoms with Gasteiger partial charge in [0, 0.05) is 31.1 Å². The number of anilines is 1. The Morgan fingerprint density at radius 3 is 2.80 bits per heavy atom. The van der Waals surface area contributed by atoms with E-state index < -0.39 is 5.95 Å². The highest BCUT2D eigenvalue weighted by molar-refractivity contribution is 5.88. The van der Waals surface area contributed by atoms with Crippen molar-refractivity contribution in [3.8, 4) is 0 Å². The van der Waals surface area contributed by atoms with E-state index in [1.54, 1.807) is 12.1 Å². The minimum Gasteiger partial charge on any atom is -0.356 e. The van der Waals surface area contributed by atoms with Crippen molar-refractivity contribution in [2.75, 3.05) is 18.0 Å². The number of carbonyl (C=O) groups is 1. The molecule has 3 aromatic rings. The Balaban J connectivity index is 1.47. The maximum atomic E-state index is 13.8. The number of pyridine rings is 1. The molecule has 1 saturated heterocycles. The minimum absolute atomic E-state index is 0.150. The Bertz CT molecular complexity index is 1050. The number of carbonyl (C=O) groups excluding carboxylic acids is 1. The van der Waals surface area contributed by atoms with Crippen LogP contribution in [0.3, 0.4) is 0 Å². The molecule has 30 heavy (non-hydrogen) atoms. The van der Waals surface area contributed by atoms with Crippen molar-refractivity contribution in [1.82, 2.24) is 15.2 Å². The Hall–Kier alpha value is -2.76. The number of Topliss-reactive ketones (excluding diaryl/α,β-unsaturated/α-hetero) is 1. The van der Waals surface area contributed by atoms with E-state index in [1.165, 1.54) is 12.8 Å². The van der Waals surface area contributed by atoms with Crippen LogP contribution in [0, 0.1) is 18.8 Å². The normalized spacial score (nSPS) is 16.2. The molecular formula is C24H29FN4O. The minimum atomic E-state index is -0.460. The molecule has 1 aromatic carbocycles. The topological polar surface area (TPSA) is 61.9 Å². The third kappa shape index (κ3) is 4.23. The number of aromatic nitrogens is 3. The number of aromatic amines is 1. The molecule has 0 spiro atoms. The van der Waals surface area contributed by atoms with Crippen molar-refractivity contribution in [1.29, 1.82) is 0 Å². The second-order valence-electron chi connectivity index (χ2n) is 8.61. The highest BCUT2D eigenvalue weighted by Crippen LogP contribution is 2.28. The van der Waals surface area contributed by atoms with Gasteiger partial charge in [-0.3, -0.25) is 9.89 Å². The molecule has 1 N–H and O–H groups in total. The quantitative estimate of drug-likeness (QED) is 0.627. The summed E-state index contributed by atoms with van der Waals surface area (Å²) in [5.41, 5.74) is 3.52. The maximum absolute atomic E-state index is 13.8. The largest absolute Gasteiger partial charge is 0.356 e. The first kappa shape index (κ1) is 20.5. The smallest absolute Gasteiger partial charge is 0.216 e. The average molecular weight is 409 g/mol. The number of aryl methyl sites for hydroxylation is 2. The fourth-order valence-electron chi connectivity index (χ4n) is 4.19. The molecule has 0 amide bonds. The zero-order valence-corrected chi connectivity index (χ0v) is 17.9. The van der Waals surface area contributed by atoms with Crippen LogP contribution < -0.4 is 4.90 Å². The van der Waals surface area contributed by atoms with Crippen LogP contribution in [-0.2, 0) is 11.2 Å². The maximum Gasteiger partial charge on any atom is 0.216 e. The lowest BCUT2D eigenvalue weighted by molar-refractivity contribution is -0.120. The predicted molar refractivity (Wildman–Crippen MR) is 117 cm³/mol. The first-order valence-electron chi connectivity index (χ1n) is 10.8. The summed E-state index contributed by atoms with van der Waals surface area (Å²) in [5, 5.41) is 6.69. The summed E-state index contributed by atoms with van der Waals surface area (Å²) < 4.78 is 13.8. The van der Waals surface area contributed by atoms with Crippen LogP contribution in [0.2, 0.25) is 0 Å². The van der Waals surface area contributed by atoms with Gasteiger partial charge in [0.2, 0.25) is 5.95 Å².